The molecule has 0 amide bonds. The molecule has 2 atom stereocenters. The van der Waals surface area contributed by atoms with Gasteiger partial charge in [0.15, 0.2) is 15.6 Å². The van der Waals surface area contributed by atoms with Crippen LogP contribution >= 0.6 is 0 Å². The Hall–Kier alpha value is -2.68. The third kappa shape index (κ3) is 4.05. The number of nitrogens with two attached hydrogens (primary N) is 1. The van der Waals surface area contributed by atoms with Crippen molar-refractivity contribution in [1.29, 1.82) is 0 Å². The van der Waals surface area contributed by atoms with Crippen LogP contribution in [0.25, 0.3) is 0 Å². The first kappa shape index (κ1) is 22.5. The highest BCUT2D eigenvalue weighted by molar-refractivity contribution is 7.93. The lowest BCUT2D eigenvalue weighted by atomic mass is 9.90. The van der Waals surface area contributed by atoms with Crippen LogP contribution in [0.1, 0.15) is 54.7 Å². The van der Waals surface area contributed by atoms with Crippen molar-refractivity contribution in [2.24, 2.45) is 16.6 Å². The monoisotopic (exact) mass is 461 g/mol. The molecule has 2 heterocycles. The number of hydrogen-bond donors (Lipinski definition) is 1. The fourth-order valence-electron chi connectivity index (χ4n) is 4.26. The quantitative estimate of drug-likeness (QED) is 0.665. The van der Waals surface area contributed by atoms with Gasteiger partial charge in [-0.2, -0.15) is 0 Å². The van der Waals surface area contributed by atoms with E-state index in [0.717, 1.165) is 25.1 Å². The number of halogens is 2. The molecule has 6 nitrogen and oxygen atoms in total. The average molecular weight is 462 g/mol. The number of sulfone groups is 1. The van der Waals surface area contributed by atoms with Crippen molar-refractivity contribution in [3.63, 3.8) is 0 Å². The van der Waals surface area contributed by atoms with Crippen molar-refractivity contribution in [3.8, 4) is 0 Å². The summed E-state index contributed by atoms with van der Waals surface area (Å²) < 4.78 is 53.2. The largest absolute Gasteiger partial charge is 0.386 e. The van der Waals surface area contributed by atoms with Crippen LogP contribution in [0.4, 0.5) is 8.78 Å². The number of rotatable bonds is 6. The summed E-state index contributed by atoms with van der Waals surface area (Å²) in [6.07, 6.45) is 3.22. The lowest BCUT2D eigenvalue weighted by Crippen LogP contribution is -2.57. The van der Waals surface area contributed by atoms with Gasteiger partial charge in [-0.25, -0.2) is 17.2 Å². The Morgan fingerprint density at radius 3 is 2.50 bits per heavy atom. The topological polar surface area (TPSA) is 102 Å². The predicted molar refractivity (Wildman–Crippen MR) is 117 cm³/mol. The molecule has 1 saturated carbocycles. The van der Waals surface area contributed by atoms with E-state index in [1.807, 2.05) is 0 Å². The summed E-state index contributed by atoms with van der Waals surface area (Å²) in [7, 11) is -3.72. The predicted octanol–water partition coefficient (Wildman–Crippen LogP) is 3.34. The zero-order valence-electron chi connectivity index (χ0n) is 17.9. The van der Waals surface area contributed by atoms with E-state index in [1.165, 1.54) is 24.3 Å². The smallest absolute Gasteiger partial charge is 0.185 e. The van der Waals surface area contributed by atoms with Crippen LogP contribution in [-0.4, -0.2) is 35.5 Å². The van der Waals surface area contributed by atoms with Gasteiger partial charge in [0.25, 0.3) is 0 Å². The van der Waals surface area contributed by atoms with E-state index in [-0.39, 0.29) is 35.0 Å². The van der Waals surface area contributed by atoms with Gasteiger partial charge in [0.1, 0.15) is 33.4 Å². The second kappa shape index (κ2) is 7.72. The Balaban J connectivity index is 1.67. The van der Waals surface area contributed by atoms with Gasteiger partial charge in [0.05, 0.1) is 11.9 Å². The normalized spacial score (nSPS) is 27.1. The van der Waals surface area contributed by atoms with Gasteiger partial charge >= 0.3 is 0 Å². The number of benzene rings is 1. The number of hydrogen-bond acceptors (Lipinski definition) is 6. The molecule has 2 aromatic rings. The van der Waals surface area contributed by atoms with E-state index in [1.54, 1.807) is 13.8 Å². The number of aliphatic imine (C=N–C) groups is 1. The lowest BCUT2D eigenvalue weighted by Gasteiger charge is -2.40. The standard InChI is InChI=1S/C23H25F2N3O3S/c1-22(13-32(30,31)23(2,21(26)28-22)11-14-3-4-14)17-9-15(5-7-18(17)25)10-20(29)19-8-6-16(24)12-27-19/h5-9,12,14H,3-4,10-11,13H2,1-2H3,(H2,26,28)/t22-,23-/m0/s1. The molecule has 2 aliphatic rings. The first-order valence-electron chi connectivity index (χ1n) is 10.5. The number of carbonyl (C=O) groups excluding carboxylic acids is 1. The van der Waals surface area contributed by atoms with Crippen LogP contribution in [0.5, 0.6) is 0 Å². The number of ketones is 1. The first-order valence-corrected chi connectivity index (χ1v) is 12.1. The highest BCUT2D eigenvalue weighted by Gasteiger charge is 2.53. The second-order valence-electron chi connectivity index (χ2n) is 9.18. The van der Waals surface area contributed by atoms with Gasteiger partial charge in [-0.15, -0.1) is 0 Å². The zero-order chi connectivity index (χ0) is 23.3. The molecule has 1 aromatic heterocycles. The summed E-state index contributed by atoms with van der Waals surface area (Å²) in [6.45, 7) is 3.14. The van der Waals surface area contributed by atoms with Gasteiger partial charge in [0, 0.05) is 12.0 Å². The van der Waals surface area contributed by atoms with E-state index in [4.69, 9.17) is 5.73 Å². The molecule has 0 radical (unpaired) electrons. The van der Waals surface area contributed by atoms with Crippen molar-refractivity contribution in [2.75, 3.05) is 5.75 Å². The molecule has 1 aromatic carbocycles. The number of carbonyl (C=O) groups is 1. The summed E-state index contributed by atoms with van der Waals surface area (Å²) in [4.78, 5) is 20.8. The number of pyridine rings is 1. The summed E-state index contributed by atoms with van der Waals surface area (Å²) in [5.41, 5.74) is 5.40. The molecule has 9 heteroatoms. The van der Waals surface area contributed by atoms with Crippen molar-refractivity contribution < 1.29 is 22.0 Å². The van der Waals surface area contributed by atoms with E-state index < -0.39 is 31.8 Å². The molecular formula is C23H25F2N3O3S. The number of aromatic nitrogens is 1. The van der Waals surface area contributed by atoms with E-state index >= 15 is 0 Å². The van der Waals surface area contributed by atoms with Crippen LogP contribution < -0.4 is 5.73 Å². The maximum atomic E-state index is 14.9. The Morgan fingerprint density at radius 2 is 1.91 bits per heavy atom. The Kier molecular flexibility index (Phi) is 5.43. The molecule has 0 spiro atoms. The van der Waals surface area contributed by atoms with Crippen molar-refractivity contribution in [1.82, 2.24) is 4.98 Å². The van der Waals surface area contributed by atoms with Gasteiger partial charge < -0.3 is 5.73 Å². The molecule has 0 bridgehead atoms. The number of Topliss-reactive ketones (excluding diaryl/α,β-unsaturated/α-hetero) is 1. The minimum atomic E-state index is -3.72. The summed E-state index contributed by atoms with van der Waals surface area (Å²) in [5, 5.41) is 0. The van der Waals surface area contributed by atoms with Gasteiger partial charge in [0.2, 0.25) is 0 Å². The van der Waals surface area contributed by atoms with Crippen LogP contribution in [-0.2, 0) is 21.8 Å². The molecule has 32 heavy (non-hydrogen) atoms. The van der Waals surface area contributed by atoms with Crippen molar-refractivity contribution in [3.05, 3.63) is 65.0 Å². The molecule has 0 saturated heterocycles. The molecular weight excluding hydrogens is 436 g/mol. The van der Waals surface area contributed by atoms with Crippen LogP contribution in [0, 0.1) is 17.6 Å². The maximum Gasteiger partial charge on any atom is 0.185 e. The highest BCUT2D eigenvalue weighted by Crippen LogP contribution is 2.45. The summed E-state index contributed by atoms with van der Waals surface area (Å²) >= 11 is 0. The summed E-state index contributed by atoms with van der Waals surface area (Å²) in [5.74, 6) is -1.61. The Bertz CT molecular complexity index is 1210. The van der Waals surface area contributed by atoms with Crippen molar-refractivity contribution >= 4 is 21.5 Å². The minimum absolute atomic E-state index is 0.00505. The number of amidine groups is 1. The van der Waals surface area contributed by atoms with Crippen LogP contribution in [0.3, 0.4) is 0 Å². The molecule has 1 aliphatic heterocycles. The highest BCUT2D eigenvalue weighted by atomic mass is 32.2. The maximum absolute atomic E-state index is 14.9. The lowest BCUT2D eigenvalue weighted by molar-refractivity contribution is 0.0988. The second-order valence-corrected chi connectivity index (χ2v) is 11.6. The number of nitrogens with zero attached hydrogens (tertiary/aromatic N) is 2. The van der Waals surface area contributed by atoms with Gasteiger partial charge in [-0.1, -0.05) is 18.9 Å². The minimum Gasteiger partial charge on any atom is -0.386 e. The fourth-order valence-corrected chi connectivity index (χ4v) is 6.39. The van der Waals surface area contributed by atoms with Crippen LogP contribution in [0.15, 0.2) is 41.5 Å². The molecule has 1 fully saturated rings. The van der Waals surface area contributed by atoms with Gasteiger partial charge in [-0.05, 0) is 56.0 Å². The Labute approximate surface area is 185 Å². The van der Waals surface area contributed by atoms with Crippen molar-refractivity contribution in [2.45, 2.75) is 49.8 Å². The summed E-state index contributed by atoms with van der Waals surface area (Å²) in [6, 6.07) is 6.51. The van der Waals surface area contributed by atoms with E-state index in [2.05, 4.69) is 9.98 Å². The fraction of sp³-hybridized carbons (Fsp3) is 0.435. The third-order valence-electron chi connectivity index (χ3n) is 6.43. The zero-order valence-corrected chi connectivity index (χ0v) is 18.8. The third-order valence-corrected chi connectivity index (χ3v) is 9.12. The first-order chi connectivity index (χ1) is 14.9. The van der Waals surface area contributed by atoms with Gasteiger partial charge in [-0.3, -0.25) is 14.8 Å². The van der Waals surface area contributed by atoms with E-state index in [0.29, 0.717) is 17.9 Å². The molecule has 170 valence electrons. The Morgan fingerprint density at radius 1 is 1.19 bits per heavy atom. The van der Waals surface area contributed by atoms with E-state index in [9.17, 15) is 22.0 Å². The molecule has 0 unspecified atom stereocenters. The molecule has 4 rings (SSSR count). The SMILES string of the molecule is C[C@]1(CC2CC2)C(N)=N[C@](C)(c2cc(CC(=O)c3ccc(F)cn3)ccc2F)CS1(=O)=O. The average Bonchev–Trinajstić information content (AvgIpc) is 3.52. The molecule has 1 aliphatic carbocycles. The molecule has 2 N–H and O–H groups in total. The van der Waals surface area contributed by atoms with Crippen LogP contribution in [0.2, 0.25) is 0 Å².